The van der Waals surface area contributed by atoms with E-state index in [1.54, 1.807) is 26.8 Å². The molecule has 8 heteroatoms. The number of hydrogen-bond donors (Lipinski definition) is 3. The number of amides is 3. The Morgan fingerprint density at radius 2 is 1.74 bits per heavy atom. The van der Waals surface area contributed by atoms with E-state index in [0.29, 0.717) is 5.56 Å². The average molecular weight is 470 g/mol. The van der Waals surface area contributed by atoms with Gasteiger partial charge in [-0.15, -0.1) is 0 Å². The summed E-state index contributed by atoms with van der Waals surface area (Å²) in [5, 5.41) is 15.1. The first-order valence-electron chi connectivity index (χ1n) is 11.3. The fourth-order valence-corrected chi connectivity index (χ4v) is 3.46. The van der Waals surface area contributed by atoms with Gasteiger partial charge in [0.1, 0.15) is 17.7 Å². The van der Waals surface area contributed by atoms with Crippen LogP contribution < -0.4 is 10.6 Å². The summed E-state index contributed by atoms with van der Waals surface area (Å²) < 4.78 is 5.24. The maximum absolute atomic E-state index is 13.4. The molecule has 2 unspecified atom stereocenters. The lowest BCUT2D eigenvalue weighted by atomic mass is 10.0. The summed E-state index contributed by atoms with van der Waals surface area (Å²) in [7, 11) is 0. The molecule has 0 radical (unpaired) electrons. The molecule has 184 valence electrons. The molecule has 0 fully saturated rings. The molecule has 2 rings (SSSR count). The van der Waals surface area contributed by atoms with Crippen molar-refractivity contribution < 1.29 is 24.2 Å². The number of nitrogens with zero attached hydrogens (tertiary/aromatic N) is 1. The first kappa shape index (κ1) is 26.9. The van der Waals surface area contributed by atoms with Crippen molar-refractivity contribution in [3.8, 4) is 0 Å². The molecule has 0 aromatic heterocycles. The second-order valence-corrected chi connectivity index (χ2v) is 9.14. The average Bonchev–Trinajstić information content (AvgIpc) is 2.76. The fraction of sp³-hybridized carbons (Fsp3) is 0.423. The van der Waals surface area contributed by atoms with Gasteiger partial charge in [0.25, 0.3) is 0 Å². The summed E-state index contributed by atoms with van der Waals surface area (Å²) in [6.07, 6.45) is -0.738. The minimum absolute atomic E-state index is 0.0868. The van der Waals surface area contributed by atoms with Gasteiger partial charge in [0, 0.05) is 13.1 Å². The van der Waals surface area contributed by atoms with Crippen LogP contribution in [0.5, 0.6) is 0 Å². The highest BCUT2D eigenvalue weighted by atomic mass is 16.6. The number of benzene rings is 2. The van der Waals surface area contributed by atoms with Gasteiger partial charge in [-0.1, -0.05) is 60.2 Å². The number of aryl methyl sites for hydroxylation is 1. The molecule has 8 nitrogen and oxygen atoms in total. The van der Waals surface area contributed by atoms with Crippen molar-refractivity contribution in [1.29, 1.82) is 0 Å². The van der Waals surface area contributed by atoms with Gasteiger partial charge in [0.15, 0.2) is 0 Å². The van der Waals surface area contributed by atoms with Gasteiger partial charge >= 0.3 is 6.09 Å². The number of aliphatic hydroxyl groups excluding tert-OH is 1. The largest absolute Gasteiger partial charge is 0.444 e. The molecule has 0 spiro atoms. The van der Waals surface area contributed by atoms with Gasteiger partial charge in [-0.3, -0.25) is 9.59 Å². The van der Waals surface area contributed by atoms with Crippen LogP contribution in [0.2, 0.25) is 0 Å². The summed E-state index contributed by atoms with van der Waals surface area (Å²) in [6.45, 7) is 8.44. The van der Waals surface area contributed by atoms with Crippen molar-refractivity contribution in [1.82, 2.24) is 15.5 Å². The molecule has 34 heavy (non-hydrogen) atoms. The Hall–Kier alpha value is -3.39. The van der Waals surface area contributed by atoms with Crippen LogP contribution >= 0.6 is 0 Å². The molecule has 2 aromatic rings. The number of carbonyl (C=O) groups excluding carboxylic acids is 3. The number of nitrogens with one attached hydrogen (secondary N) is 2. The van der Waals surface area contributed by atoms with Gasteiger partial charge in [0.05, 0.1) is 6.61 Å². The number of alkyl carbamates (subject to hydrolysis) is 1. The monoisotopic (exact) mass is 469 g/mol. The number of ether oxygens (including phenoxy) is 1. The van der Waals surface area contributed by atoms with Crippen LogP contribution in [0.3, 0.4) is 0 Å². The lowest BCUT2D eigenvalue weighted by molar-refractivity contribution is -0.142. The van der Waals surface area contributed by atoms with Crippen LogP contribution in [-0.2, 0) is 20.9 Å². The van der Waals surface area contributed by atoms with E-state index in [4.69, 9.17) is 4.74 Å². The minimum Gasteiger partial charge on any atom is -0.444 e. The van der Waals surface area contributed by atoms with Crippen molar-refractivity contribution in [2.75, 3.05) is 13.2 Å². The van der Waals surface area contributed by atoms with Gasteiger partial charge in [-0.05, 0) is 45.7 Å². The van der Waals surface area contributed by atoms with E-state index in [0.717, 1.165) is 11.1 Å². The normalized spacial score (nSPS) is 12.9. The molecule has 3 amide bonds. The first-order valence-corrected chi connectivity index (χ1v) is 11.3. The smallest absolute Gasteiger partial charge is 0.408 e. The van der Waals surface area contributed by atoms with Crippen LogP contribution in [0.15, 0.2) is 54.6 Å². The van der Waals surface area contributed by atoms with Gasteiger partial charge in [-0.2, -0.15) is 0 Å². The van der Waals surface area contributed by atoms with E-state index in [1.165, 1.54) is 11.8 Å². The van der Waals surface area contributed by atoms with Crippen molar-refractivity contribution in [3.05, 3.63) is 71.3 Å². The second-order valence-electron chi connectivity index (χ2n) is 9.14. The lowest BCUT2D eigenvalue weighted by Gasteiger charge is -2.33. The highest BCUT2D eigenvalue weighted by Gasteiger charge is 2.34. The van der Waals surface area contributed by atoms with Crippen LogP contribution in [0, 0.1) is 6.92 Å². The highest BCUT2D eigenvalue weighted by molar-refractivity contribution is 5.92. The van der Waals surface area contributed by atoms with Crippen molar-refractivity contribution >= 4 is 17.9 Å². The molecular formula is C26H35N3O5. The SMILES string of the molecule is Cc1cccc(C(C(=O)NCc2ccccc2)N(CCO)C(=O)C(C)NC(=O)OC(C)(C)C)c1. The zero-order valence-corrected chi connectivity index (χ0v) is 20.5. The summed E-state index contributed by atoms with van der Waals surface area (Å²) in [5.41, 5.74) is 1.73. The van der Waals surface area contributed by atoms with E-state index in [-0.39, 0.29) is 25.6 Å². The minimum atomic E-state index is -0.994. The lowest BCUT2D eigenvalue weighted by Crippen LogP contribution is -2.52. The molecule has 3 N–H and O–H groups in total. The zero-order valence-electron chi connectivity index (χ0n) is 20.5. The summed E-state index contributed by atoms with van der Waals surface area (Å²) in [5.74, 6) is -0.901. The first-order chi connectivity index (χ1) is 16.0. The van der Waals surface area contributed by atoms with E-state index in [9.17, 15) is 19.5 Å². The summed E-state index contributed by atoms with van der Waals surface area (Å²) in [6, 6.07) is 14.8. The molecule has 0 saturated heterocycles. The molecule has 0 aliphatic rings. The Bertz CT molecular complexity index is 972. The van der Waals surface area contributed by atoms with E-state index in [2.05, 4.69) is 10.6 Å². The fourth-order valence-electron chi connectivity index (χ4n) is 3.46. The van der Waals surface area contributed by atoms with E-state index in [1.807, 2.05) is 55.5 Å². The maximum atomic E-state index is 13.4. The third kappa shape index (κ3) is 8.19. The quantitative estimate of drug-likeness (QED) is 0.523. The Balaban J connectivity index is 2.30. The highest BCUT2D eigenvalue weighted by Crippen LogP contribution is 2.23. The van der Waals surface area contributed by atoms with Gasteiger partial charge < -0.3 is 25.4 Å². The molecule has 2 aromatic carbocycles. The number of rotatable bonds is 9. The summed E-state index contributed by atoms with van der Waals surface area (Å²) >= 11 is 0. The standard InChI is InChI=1S/C26H35N3O5/c1-18-10-9-13-21(16-18)22(23(31)27-17-20-11-7-6-8-12-20)29(14-15-30)24(32)19(2)28-25(33)34-26(3,4)5/h6-13,16,19,22,30H,14-15,17H2,1-5H3,(H,27,31)(H,28,33). The molecule has 0 heterocycles. The predicted octanol–water partition coefficient (Wildman–Crippen LogP) is 3.09. The zero-order chi connectivity index (χ0) is 25.3. The Labute approximate surface area is 201 Å². The maximum Gasteiger partial charge on any atom is 0.408 e. The second kappa shape index (κ2) is 12.2. The van der Waals surface area contributed by atoms with Crippen LogP contribution in [0.25, 0.3) is 0 Å². The van der Waals surface area contributed by atoms with Crippen molar-refractivity contribution in [2.45, 2.75) is 58.8 Å². The number of aliphatic hydroxyl groups is 1. The van der Waals surface area contributed by atoms with Crippen molar-refractivity contribution in [2.24, 2.45) is 0 Å². The summed E-state index contributed by atoms with van der Waals surface area (Å²) in [4.78, 5) is 40.2. The molecule has 0 saturated carbocycles. The Morgan fingerprint density at radius 1 is 1.06 bits per heavy atom. The van der Waals surface area contributed by atoms with Crippen LogP contribution in [0.4, 0.5) is 4.79 Å². The number of hydrogen-bond acceptors (Lipinski definition) is 5. The van der Waals surface area contributed by atoms with Crippen LogP contribution in [0.1, 0.15) is 50.4 Å². The molecule has 0 aliphatic heterocycles. The molecular weight excluding hydrogens is 434 g/mol. The third-order valence-electron chi connectivity index (χ3n) is 4.96. The predicted molar refractivity (Wildman–Crippen MR) is 130 cm³/mol. The Morgan fingerprint density at radius 3 is 2.32 bits per heavy atom. The molecule has 0 aliphatic carbocycles. The molecule has 2 atom stereocenters. The Kier molecular flexibility index (Phi) is 9.62. The van der Waals surface area contributed by atoms with E-state index < -0.39 is 29.7 Å². The third-order valence-corrected chi connectivity index (χ3v) is 4.96. The van der Waals surface area contributed by atoms with Gasteiger partial charge in [-0.25, -0.2) is 4.79 Å². The molecule has 0 bridgehead atoms. The topological polar surface area (TPSA) is 108 Å². The van der Waals surface area contributed by atoms with E-state index >= 15 is 0 Å². The number of carbonyl (C=O) groups is 3. The van der Waals surface area contributed by atoms with Crippen molar-refractivity contribution in [3.63, 3.8) is 0 Å². The van der Waals surface area contributed by atoms with Crippen LogP contribution in [-0.4, -0.2) is 52.7 Å². The van der Waals surface area contributed by atoms with Gasteiger partial charge in [0.2, 0.25) is 11.8 Å².